The third-order valence-corrected chi connectivity index (χ3v) is 6.97. The van der Waals surface area contributed by atoms with Gasteiger partial charge in [0.05, 0.1) is 19.8 Å². The van der Waals surface area contributed by atoms with Crippen molar-refractivity contribution >= 4 is 11.9 Å². The number of rotatable bonds is 6. The van der Waals surface area contributed by atoms with Gasteiger partial charge in [-0.15, -0.1) is 0 Å². The number of nitrogens with one attached hydrogen (secondary N) is 1. The molecule has 2 heterocycles. The maximum Gasteiger partial charge on any atom is 0.338 e. The van der Waals surface area contributed by atoms with Gasteiger partial charge in [-0.25, -0.2) is 9.48 Å². The number of esters is 1. The quantitative estimate of drug-likeness (QED) is 0.639. The molecule has 178 valence electrons. The van der Waals surface area contributed by atoms with E-state index in [1.54, 1.807) is 18.9 Å². The van der Waals surface area contributed by atoms with Crippen LogP contribution in [0.15, 0.2) is 35.8 Å². The summed E-state index contributed by atoms with van der Waals surface area (Å²) in [6, 6.07) is 4.99. The normalized spacial score (nSPS) is 24.8. The molecule has 1 N–H and O–H groups in total. The smallest absolute Gasteiger partial charge is 0.338 e. The highest BCUT2D eigenvalue weighted by atomic mass is 16.5. The topological polar surface area (TPSA) is 87.5 Å². The zero-order chi connectivity index (χ0) is 23.7. The van der Waals surface area contributed by atoms with Gasteiger partial charge < -0.3 is 19.5 Å². The third kappa shape index (κ3) is 4.43. The number of carbonyl (C=O) groups is 1. The lowest BCUT2D eigenvalue weighted by Gasteiger charge is -2.37. The SMILES string of the molecule is COc1ccc(OC)c(C2C(C(=O)OC3CC(C)CCC3C(C)C)=C(C)Nc3ncnn32)c1. The summed E-state index contributed by atoms with van der Waals surface area (Å²) in [6.07, 6.45) is 4.50. The molecule has 0 radical (unpaired) electrons. The van der Waals surface area contributed by atoms with E-state index in [-0.39, 0.29) is 12.1 Å². The second-order valence-corrected chi connectivity index (χ2v) is 9.47. The van der Waals surface area contributed by atoms with E-state index < -0.39 is 6.04 Å². The van der Waals surface area contributed by atoms with Gasteiger partial charge in [0.2, 0.25) is 5.95 Å². The summed E-state index contributed by atoms with van der Waals surface area (Å²) in [5, 5.41) is 7.63. The number of hydrogen-bond donors (Lipinski definition) is 1. The molecule has 1 aliphatic heterocycles. The van der Waals surface area contributed by atoms with E-state index >= 15 is 0 Å². The van der Waals surface area contributed by atoms with Crippen LogP contribution in [0.5, 0.6) is 11.5 Å². The summed E-state index contributed by atoms with van der Waals surface area (Å²) in [6.45, 7) is 8.52. The molecule has 1 aliphatic carbocycles. The molecule has 0 bridgehead atoms. The highest BCUT2D eigenvalue weighted by molar-refractivity contribution is 5.92. The summed E-state index contributed by atoms with van der Waals surface area (Å²) in [5.41, 5.74) is 1.95. The predicted molar refractivity (Wildman–Crippen MR) is 125 cm³/mol. The Hall–Kier alpha value is -3.03. The van der Waals surface area contributed by atoms with E-state index in [0.29, 0.717) is 46.5 Å². The molecule has 1 aromatic carbocycles. The molecular formula is C25H34N4O4. The van der Waals surface area contributed by atoms with Crippen molar-refractivity contribution in [3.8, 4) is 11.5 Å². The molecule has 4 unspecified atom stereocenters. The number of allylic oxidation sites excluding steroid dienone is 1. The first kappa shape index (κ1) is 23.1. The summed E-state index contributed by atoms with van der Waals surface area (Å²) in [4.78, 5) is 18.1. The first-order valence-corrected chi connectivity index (χ1v) is 11.6. The lowest BCUT2D eigenvalue weighted by Crippen LogP contribution is -2.38. The Labute approximate surface area is 195 Å². The zero-order valence-corrected chi connectivity index (χ0v) is 20.3. The summed E-state index contributed by atoms with van der Waals surface area (Å²) in [5.74, 6) is 2.87. The van der Waals surface area contributed by atoms with Crippen LogP contribution in [-0.4, -0.2) is 41.1 Å². The maximum atomic E-state index is 13.8. The Balaban J connectivity index is 1.75. The number of hydrogen-bond acceptors (Lipinski definition) is 7. The van der Waals surface area contributed by atoms with Crippen LogP contribution in [0.3, 0.4) is 0 Å². The van der Waals surface area contributed by atoms with Gasteiger partial charge in [0.25, 0.3) is 0 Å². The lowest BCUT2D eigenvalue weighted by molar-refractivity contribution is -0.151. The molecule has 1 fully saturated rings. The van der Waals surface area contributed by atoms with Crippen LogP contribution in [0.1, 0.15) is 58.6 Å². The maximum absolute atomic E-state index is 13.8. The molecule has 0 spiro atoms. The number of anilines is 1. The van der Waals surface area contributed by atoms with Crippen molar-refractivity contribution in [2.45, 2.75) is 59.1 Å². The van der Waals surface area contributed by atoms with Crippen molar-refractivity contribution in [1.29, 1.82) is 0 Å². The van der Waals surface area contributed by atoms with Gasteiger partial charge in [0.15, 0.2) is 0 Å². The van der Waals surface area contributed by atoms with Gasteiger partial charge in [0, 0.05) is 11.3 Å². The average Bonchev–Trinajstić information content (AvgIpc) is 3.25. The monoisotopic (exact) mass is 454 g/mol. The molecule has 4 atom stereocenters. The van der Waals surface area contributed by atoms with E-state index in [9.17, 15) is 4.79 Å². The van der Waals surface area contributed by atoms with E-state index in [2.05, 4.69) is 36.2 Å². The molecule has 4 rings (SSSR count). The van der Waals surface area contributed by atoms with Crippen molar-refractivity contribution in [3.63, 3.8) is 0 Å². The molecule has 2 aliphatic rings. The van der Waals surface area contributed by atoms with Gasteiger partial charge in [-0.1, -0.05) is 27.2 Å². The first-order chi connectivity index (χ1) is 15.8. The highest BCUT2D eigenvalue weighted by Gasteiger charge is 2.39. The molecular weight excluding hydrogens is 420 g/mol. The number of fused-ring (bicyclic) bond motifs is 1. The second kappa shape index (κ2) is 9.45. The number of carbonyl (C=O) groups excluding carboxylic acids is 1. The van der Waals surface area contributed by atoms with Crippen LogP contribution >= 0.6 is 0 Å². The minimum Gasteiger partial charge on any atom is -0.497 e. The van der Waals surface area contributed by atoms with E-state index in [4.69, 9.17) is 14.2 Å². The van der Waals surface area contributed by atoms with Gasteiger partial charge in [-0.2, -0.15) is 10.1 Å². The second-order valence-electron chi connectivity index (χ2n) is 9.47. The number of nitrogens with zero attached hydrogens (tertiary/aromatic N) is 3. The largest absolute Gasteiger partial charge is 0.497 e. The number of benzene rings is 1. The fraction of sp³-hybridized carbons (Fsp3) is 0.560. The Morgan fingerprint density at radius 2 is 2.00 bits per heavy atom. The van der Waals surface area contributed by atoms with Crippen molar-refractivity contribution in [1.82, 2.24) is 14.8 Å². The van der Waals surface area contributed by atoms with E-state index in [1.165, 1.54) is 12.7 Å². The molecule has 8 nitrogen and oxygen atoms in total. The third-order valence-electron chi connectivity index (χ3n) is 6.97. The van der Waals surface area contributed by atoms with Gasteiger partial charge in [-0.05, 0) is 55.7 Å². The van der Waals surface area contributed by atoms with Crippen molar-refractivity contribution in [3.05, 3.63) is 41.4 Å². The van der Waals surface area contributed by atoms with E-state index in [0.717, 1.165) is 18.4 Å². The Morgan fingerprint density at radius 3 is 2.70 bits per heavy atom. The van der Waals surface area contributed by atoms with Gasteiger partial charge in [0.1, 0.15) is 30.0 Å². The predicted octanol–water partition coefficient (Wildman–Crippen LogP) is 4.59. The number of aromatic nitrogens is 3. The van der Waals surface area contributed by atoms with Crippen molar-refractivity contribution in [2.75, 3.05) is 19.5 Å². The van der Waals surface area contributed by atoms with Crippen LogP contribution in [0.25, 0.3) is 0 Å². The molecule has 8 heteroatoms. The Kier molecular flexibility index (Phi) is 6.63. The van der Waals surface area contributed by atoms with Crippen LogP contribution in [0.2, 0.25) is 0 Å². The van der Waals surface area contributed by atoms with Crippen LogP contribution in [-0.2, 0) is 9.53 Å². The lowest BCUT2D eigenvalue weighted by atomic mass is 9.75. The summed E-state index contributed by atoms with van der Waals surface area (Å²) in [7, 11) is 3.22. The molecule has 33 heavy (non-hydrogen) atoms. The first-order valence-electron chi connectivity index (χ1n) is 11.6. The van der Waals surface area contributed by atoms with Gasteiger partial charge in [-0.3, -0.25) is 0 Å². The van der Waals surface area contributed by atoms with Crippen LogP contribution in [0, 0.1) is 17.8 Å². The number of ether oxygens (including phenoxy) is 3. The molecule has 0 amide bonds. The minimum absolute atomic E-state index is 0.105. The standard InChI is InChI=1S/C25H34N4O4/c1-14(2)18-9-7-15(3)11-21(18)33-24(30)22-16(4)28-25-26-13-27-29(25)23(22)19-12-17(31-5)8-10-20(19)32-6/h8,10,12-15,18,21,23H,7,9,11H2,1-6H3,(H,26,27,28). The fourth-order valence-electron chi connectivity index (χ4n) is 5.15. The van der Waals surface area contributed by atoms with E-state index in [1.807, 2.05) is 25.1 Å². The van der Waals surface area contributed by atoms with Crippen molar-refractivity contribution < 1.29 is 19.0 Å². The highest BCUT2D eigenvalue weighted by Crippen LogP contribution is 2.42. The molecule has 1 aromatic heterocycles. The van der Waals surface area contributed by atoms with Crippen molar-refractivity contribution in [2.24, 2.45) is 17.8 Å². The Bertz CT molecular complexity index is 1040. The molecule has 1 saturated carbocycles. The zero-order valence-electron chi connectivity index (χ0n) is 20.3. The summed E-state index contributed by atoms with van der Waals surface area (Å²) >= 11 is 0. The Morgan fingerprint density at radius 1 is 1.21 bits per heavy atom. The fourth-order valence-corrected chi connectivity index (χ4v) is 5.15. The molecule has 0 saturated heterocycles. The molecule has 2 aromatic rings. The van der Waals surface area contributed by atoms with Gasteiger partial charge >= 0.3 is 5.97 Å². The average molecular weight is 455 g/mol. The summed E-state index contributed by atoms with van der Waals surface area (Å²) < 4.78 is 19.1. The van der Waals surface area contributed by atoms with Crippen LogP contribution < -0.4 is 14.8 Å². The minimum atomic E-state index is -0.556. The van der Waals surface area contributed by atoms with Crippen LogP contribution in [0.4, 0.5) is 5.95 Å². The number of methoxy groups -OCH3 is 2.